The van der Waals surface area contributed by atoms with E-state index in [0.29, 0.717) is 29.7 Å². The van der Waals surface area contributed by atoms with Gasteiger partial charge in [-0.1, -0.05) is 18.2 Å². The van der Waals surface area contributed by atoms with Crippen molar-refractivity contribution in [2.75, 3.05) is 12.4 Å². The number of methoxy groups -OCH3 is 1. The lowest BCUT2D eigenvalue weighted by Crippen LogP contribution is -2.36. The lowest BCUT2D eigenvalue weighted by molar-refractivity contribution is -0.116. The number of benzene rings is 1. The predicted molar refractivity (Wildman–Crippen MR) is 133 cm³/mol. The fourth-order valence-corrected chi connectivity index (χ4v) is 5.67. The first-order valence-corrected chi connectivity index (χ1v) is 12.1. The third-order valence-corrected chi connectivity index (χ3v) is 7.34. The topological polar surface area (TPSA) is 80.3 Å². The number of nitrogens with zero attached hydrogens (tertiary/aromatic N) is 1. The molecular formula is C27H25N3O3S. The highest BCUT2D eigenvalue weighted by atomic mass is 32.1. The first-order valence-electron chi connectivity index (χ1n) is 11.2. The van der Waals surface area contributed by atoms with Gasteiger partial charge in [0.2, 0.25) is 0 Å². The Morgan fingerprint density at radius 2 is 1.97 bits per heavy atom. The van der Waals surface area contributed by atoms with Gasteiger partial charge < -0.3 is 15.4 Å². The maximum absolute atomic E-state index is 13.6. The number of hydrogen-bond acceptors (Lipinski definition) is 6. The van der Waals surface area contributed by atoms with E-state index in [1.54, 1.807) is 43.0 Å². The third kappa shape index (κ3) is 4.15. The molecule has 5 rings (SSSR count). The molecule has 0 fully saturated rings. The number of anilines is 1. The number of carbonyl (C=O) groups is 2. The van der Waals surface area contributed by atoms with Crippen LogP contribution in [-0.4, -0.2) is 23.8 Å². The van der Waals surface area contributed by atoms with Crippen LogP contribution in [0.25, 0.3) is 0 Å². The third-order valence-electron chi connectivity index (χ3n) is 6.41. The van der Waals surface area contributed by atoms with Crippen molar-refractivity contribution in [2.24, 2.45) is 0 Å². The Balaban J connectivity index is 1.50. The van der Waals surface area contributed by atoms with Crippen molar-refractivity contribution in [3.05, 3.63) is 99.3 Å². The van der Waals surface area contributed by atoms with Gasteiger partial charge in [0, 0.05) is 40.0 Å². The van der Waals surface area contributed by atoms with Crippen molar-refractivity contribution in [3.8, 4) is 5.75 Å². The molecular weight excluding hydrogens is 446 g/mol. The Bertz CT molecular complexity index is 1280. The molecule has 0 bridgehead atoms. The maximum atomic E-state index is 13.6. The monoisotopic (exact) mass is 471 g/mol. The SMILES string of the molecule is COc1ccc(C2CC(=O)C3=C(C2)NC(C)=C(C(=O)Nc2cccnc2)C3c2cccs2)cc1. The Hall–Kier alpha value is -3.71. The van der Waals surface area contributed by atoms with Gasteiger partial charge in [-0.15, -0.1) is 11.3 Å². The van der Waals surface area contributed by atoms with Gasteiger partial charge in [-0.2, -0.15) is 0 Å². The zero-order valence-corrected chi connectivity index (χ0v) is 19.8. The van der Waals surface area contributed by atoms with Crippen LogP contribution >= 0.6 is 11.3 Å². The number of amides is 1. The molecule has 2 aliphatic rings. The molecule has 7 heteroatoms. The molecule has 0 radical (unpaired) electrons. The molecule has 34 heavy (non-hydrogen) atoms. The van der Waals surface area contributed by atoms with Crippen molar-refractivity contribution >= 4 is 28.7 Å². The lowest BCUT2D eigenvalue weighted by Gasteiger charge is -2.36. The van der Waals surface area contributed by atoms with E-state index in [4.69, 9.17) is 4.74 Å². The van der Waals surface area contributed by atoms with Gasteiger partial charge in [0.15, 0.2) is 5.78 Å². The van der Waals surface area contributed by atoms with Crippen molar-refractivity contribution in [1.29, 1.82) is 0 Å². The van der Waals surface area contributed by atoms with Gasteiger partial charge in [-0.25, -0.2) is 0 Å². The van der Waals surface area contributed by atoms with E-state index < -0.39 is 5.92 Å². The van der Waals surface area contributed by atoms with Crippen LogP contribution in [0.2, 0.25) is 0 Å². The number of pyridine rings is 1. The zero-order valence-electron chi connectivity index (χ0n) is 19.0. The van der Waals surface area contributed by atoms with E-state index in [2.05, 4.69) is 15.6 Å². The van der Waals surface area contributed by atoms with Gasteiger partial charge >= 0.3 is 0 Å². The van der Waals surface area contributed by atoms with Crippen molar-refractivity contribution in [1.82, 2.24) is 10.3 Å². The number of hydrogen-bond donors (Lipinski definition) is 2. The molecule has 3 aromatic rings. The van der Waals surface area contributed by atoms with Gasteiger partial charge in [0.25, 0.3) is 5.91 Å². The number of rotatable bonds is 5. The number of Topliss-reactive ketones (excluding diaryl/α,β-unsaturated/α-hetero) is 1. The van der Waals surface area contributed by atoms with E-state index in [9.17, 15) is 9.59 Å². The van der Waals surface area contributed by atoms with Crippen molar-refractivity contribution < 1.29 is 14.3 Å². The van der Waals surface area contributed by atoms with Gasteiger partial charge in [-0.3, -0.25) is 14.6 Å². The summed E-state index contributed by atoms with van der Waals surface area (Å²) in [7, 11) is 1.64. The standard InChI is InChI=1S/C27H25N3O3S/c1-16-24(27(32)30-19-5-3-11-28-15-19)26(23-6-4-12-34-23)25-21(29-16)13-18(14-22(25)31)17-7-9-20(33-2)10-8-17/h3-12,15,18,26,29H,13-14H2,1-2H3,(H,30,32). The van der Waals surface area contributed by atoms with Crippen LogP contribution in [0.1, 0.15) is 42.0 Å². The minimum Gasteiger partial charge on any atom is -0.497 e. The molecule has 2 aromatic heterocycles. The fraction of sp³-hybridized carbons (Fsp3) is 0.222. The number of nitrogens with one attached hydrogen (secondary N) is 2. The molecule has 2 unspecified atom stereocenters. The summed E-state index contributed by atoms with van der Waals surface area (Å²) in [6.07, 6.45) is 4.39. The highest BCUT2D eigenvalue weighted by Crippen LogP contribution is 2.46. The number of aromatic nitrogens is 1. The summed E-state index contributed by atoms with van der Waals surface area (Å²) in [6, 6.07) is 15.4. The highest BCUT2D eigenvalue weighted by Gasteiger charge is 2.41. The van der Waals surface area contributed by atoms with E-state index in [0.717, 1.165) is 27.6 Å². The summed E-state index contributed by atoms with van der Waals surface area (Å²) >= 11 is 1.56. The van der Waals surface area contributed by atoms with Crippen LogP contribution in [0.4, 0.5) is 5.69 Å². The van der Waals surface area contributed by atoms with Crippen LogP contribution in [0.15, 0.2) is 88.8 Å². The molecule has 3 heterocycles. The van der Waals surface area contributed by atoms with E-state index >= 15 is 0 Å². The van der Waals surface area contributed by atoms with Crippen LogP contribution < -0.4 is 15.4 Å². The smallest absolute Gasteiger partial charge is 0.254 e. The molecule has 0 saturated carbocycles. The molecule has 1 aliphatic carbocycles. The number of ketones is 1. The molecule has 1 aromatic carbocycles. The van der Waals surface area contributed by atoms with Crippen LogP contribution in [-0.2, 0) is 9.59 Å². The number of carbonyl (C=O) groups excluding carboxylic acids is 2. The number of dihydropyridines is 1. The summed E-state index contributed by atoms with van der Waals surface area (Å²) in [6.45, 7) is 1.91. The molecule has 172 valence electrons. The summed E-state index contributed by atoms with van der Waals surface area (Å²) in [5.41, 5.74) is 4.67. The fourth-order valence-electron chi connectivity index (χ4n) is 4.83. The average Bonchev–Trinajstić information content (AvgIpc) is 3.38. The summed E-state index contributed by atoms with van der Waals surface area (Å²) < 4.78 is 5.27. The van der Waals surface area contributed by atoms with Crippen molar-refractivity contribution in [3.63, 3.8) is 0 Å². The molecule has 2 atom stereocenters. The lowest BCUT2D eigenvalue weighted by atomic mass is 9.73. The molecule has 0 spiro atoms. The highest BCUT2D eigenvalue weighted by molar-refractivity contribution is 7.10. The van der Waals surface area contributed by atoms with Gasteiger partial charge in [0.05, 0.1) is 24.9 Å². The predicted octanol–water partition coefficient (Wildman–Crippen LogP) is 5.15. The average molecular weight is 472 g/mol. The molecule has 1 amide bonds. The molecule has 6 nitrogen and oxygen atoms in total. The van der Waals surface area contributed by atoms with Gasteiger partial charge in [0.1, 0.15) is 5.75 Å². The number of allylic oxidation sites excluding steroid dienone is 3. The summed E-state index contributed by atoms with van der Waals surface area (Å²) in [4.78, 5) is 32.1. The zero-order chi connectivity index (χ0) is 23.7. The van der Waals surface area contributed by atoms with Crippen LogP contribution in [0, 0.1) is 0 Å². The Morgan fingerprint density at radius 1 is 1.15 bits per heavy atom. The van der Waals surface area contributed by atoms with Crippen LogP contribution in [0.5, 0.6) is 5.75 Å². The molecule has 2 N–H and O–H groups in total. The largest absolute Gasteiger partial charge is 0.497 e. The second-order valence-corrected chi connectivity index (χ2v) is 9.48. The number of ether oxygens (including phenoxy) is 1. The quantitative estimate of drug-likeness (QED) is 0.538. The Labute approximate surface area is 202 Å². The minimum absolute atomic E-state index is 0.0761. The Kier molecular flexibility index (Phi) is 6.02. The second-order valence-electron chi connectivity index (χ2n) is 8.50. The Morgan fingerprint density at radius 3 is 2.65 bits per heavy atom. The van der Waals surface area contributed by atoms with E-state index in [1.165, 1.54) is 0 Å². The number of thiophene rings is 1. The van der Waals surface area contributed by atoms with E-state index in [1.807, 2.05) is 48.7 Å². The van der Waals surface area contributed by atoms with Crippen LogP contribution in [0.3, 0.4) is 0 Å². The van der Waals surface area contributed by atoms with Gasteiger partial charge in [-0.05, 0) is 60.5 Å². The summed E-state index contributed by atoms with van der Waals surface area (Å²) in [5.74, 6) is 0.326. The first-order chi connectivity index (χ1) is 16.5. The van der Waals surface area contributed by atoms with Crippen molar-refractivity contribution in [2.45, 2.75) is 31.6 Å². The maximum Gasteiger partial charge on any atom is 0.254 e. The molecule has 0 saturated heterocycles. The molecule has 1 aliphatic heterocycles. The minimum atomic E-state index is -0.391. The first kappa shape index (κ1) is 22.1. The second kappa shape index (κ2) is 9.27. The summed E-state index contributed by atoms with van der Waals surface area (Å²) in [5, 5.41) is 8.35. The normalized spacial score (nSPS) is 20.0. The van der Waals surface area contributed by atoms with E-state index in [-0.39, 0.29) is 17.6 Å².